The van der Waals surface area contributed by atoms with E-state index in [4.69, 9.17) is 0 Å². The zero-order valence-electron chi connectivity index (χ0n) is 10.9. The first kappa shape index (κ1) is 15.3. The summed E-state index contributed by atoms with van der Waals surface area (Å²) < 4.78 is 8.97. The lowest BCUT2D eigenvalue weighted by molar-refractivity contribution is -0.384. The highest BCUT2D eigenvalue weighted by Crippen LogP contribution is 2.24. The van der Waals surface area contributed by atoms with Gasteiger partial charge in [-0.3, -0.25) is 19.7 Å². The largest absolute Gasteiger partial charge is 0.468 e. The van der Waals surface area contributed by atoms with E-state index < -0.39 is 16.9 Å². The maximum Gasteiger partial charge on any atom is 0.325 e. The molecule has 0 saturated heterocycles. The van der Waals surface area contributed by atoms with Gasteiger partial charge in [-0.2, -0.15) is 0 Å². The zero-order chi connectivity index (χ0) is 15.1. The Morgan fingerprint density at radius 2 is 1.85 bits per heavy atom. The molecular formula is C11H13N3O6. The number of aromatic nitrogens is 1. The van der Waals surface area contributed by atoms with E-state index in [0.717, 1.165) is 4.90 Å². The molecule has 9 nitrogen and oxygen atoms in total. The summed E-state index contributed by atoms with van der Waals surface area (Å²) in [5.74, 6) is -1.42. The van der Waals surface area contributed by atoms with Crippen molar-refractivity contribution in [3.63, 3.8) is 0 Å². The summed E-state index contributed by atoms with van der Waals surface area (Å²) in [6.07, 6.45) is 1.32. The van der Waals surface area contributed by atoms with Gasteiger partial charge in [-0.05, 0) is 6.07 Å². The number of esters is 2. The van der Waals surface area contributed by atoms with Crippen LogP contribution in [0.1, 0.15) is 0 Å². The van der Waals surface area contributed by atoms with E-state index in [1.54, 1.807) is 0 Å². The number of pyridine rings is 1. The molecule has 1 heterocycles. The van der Waals surface area contributed by atoms with Crippen molar-refractivity contribution in [1.29, 1.82) is 0 Å². The molecule has 0 spiro atoms. The van der Waals surface area contributed by atoms with Gasteiger partial charge >= 0.3 is 17.6 Å². The summed E-state index contributed by atoms with van der Waals surface area (Å²) in [4.78, 5) is 37.9. The van der Waals surface area contributed by atoms with Gasteiger partial charge in [-0.25, -0.2) is 4.98 Å². The lowest BCUT2D eigenvalue weighted by atomic mass is 10.3. The quantitative estimate of drug-likeness (QED) is 0.411. The molecular weight excluding hydrogens is 270 g/mol. The lowest BCUT2D eigenvalue weighted by Gasteiger charge is -2.20. The fraction of sp³-hybridized carbons (Fsp3) is 0.364. The highest BCUT2D eigenvalue weighted by Gasteiger charge is 2.24. The highest BCUT2D eigenvalue weighted by molar-refractivity contribution is 5.82. The van der Waals surface area contributed by atoms with E-state index in [9.17, 15) is 19.7 Å². The average molecular weight is 283 g/mol. The smallest absolute Gasteiger partial charge is 0.325 e. The number of carbonyl (C=O) groups excluding carboxylic acids is 2. The van der Waals surface area contributed by atoms with Crippen molar-refractivity contribution in [2.75, 3.05) is 32.2 Å². The van der Waals surface area contributed by atoms with E-state index in [1.807, 2.05) is 0 Å². The molecule has 0 N–H and O–H groups in total. The average Bonchev–Trinajstić information content (AvgIpc) is 2.46. The first-order valence-corrected chi connectivity index (χ1v) is 5.47. The highest BCUT2D eigenvalue weighted by atomic mass is 16.6. The molecule has 0 aliphatic rings. The summed E-state index contributed by atoms with van der Waals surface area (Å²) in [7, 11) is 2.34. The summed E-state index contributed by atoms with van der Waals surface area (Å²) in [6, 6.07) is 2.61. The zero-order valence-corrected chi connectivity index (χ0v) is 10.9. The van der Waals surface area contributed by atoms with E-state index in [2.05, 4.69) is 14.5 Å². The van der Waals surface area contributed by atoms with Crippen molar-refractivity contribution in [2.45, 2.75) is 0 Å². The van der Waals surface area contributed by atoms with Gasteiger partial charge in [-0.1, -0.05) is 0 Å². The number of ether oxygens (including phenoxy) is 2. The second-order valence-corrected chi connectivity index (χ2v) is 3.61. The van der Waals surface area contributed by atoms with Gasteiger partial charge in [0.1, 0.15) is 13.1 Å². The van der Waals surface area contributed by atoms with E-state index in [-0.39, 0.29) is 24.6 Å². The van der Waals surface area contributed by atoms with Crippen molar-refractivity contribution in [3.8, 4) is 0 Å². The molecule has 0 aromatic carbocycles. The fourth-order valence-electron chi connectivity index (χ4n) is 1.42. The van der Waals surface area contributed by atoms with Crippen molar-refractivity contribution >= 4 is 23.4 Å². The summed E-state index contributed by atoms with van der Waals surface area (Å²) >= 11 is 0. The predicted molar refractivity (Wildman–Crippen MR) is 67.1 cm³/mol. The number of methoxy groups -OCH3 is 2. The molecule has 9 heteroatoms. The van der Waals surface area contributed by atoms with Crippen molar-refractivity contribution in [1.82, 2.24) is 4.98 Å². The molecule has 1 rings (SSSR count). The Bertz CT molecular complexity index is 501. The number of rotatable bonds is 6. The third-order valence-electron chi connectivity index (χ3n) is 2.36. The number of hydrogen-bond acceptors (Lipinski definition) is 8. The lowest BCUT2D eigenvalue weighted by Crippen LogP contribution is -2.36. The normalized spacial score (nSPS) is 9.70. The Morgan fingerprint density at radius 3 is 2.30 bits per heavy atom. The van der Waals surface area contributed by atoms with Gasteiger partial charge in [0.25, 0.3) is 0 Å². The van der Waals surface area contributed by atoms with Crippen LogP contribution in [0.3, 0.4) is 0 Å². The molecule has 0 radical (unpaired) electrons. The van der Waals surface area contributed by atoms with E-state index in [1.165, 1.54) is 32.5 Å². The monoisotopic (exact) mass is 283 g/mol. The molecule has 0 atom stereocenters. The molecule has 0 bridgehead atoms. The van der Waals surface area contributed by atoms with Crippen LogP contribution < -0.4 is 4.90 Å². The van der Waals surface area contributed by atoms with Crippen molar-refractivity contribution < 1.29 is 24.0 Å². The third kappa shape index (κ3) is 3.90. The predicted octanol–water partition coefficient (Wildman–Crippen LogP) is 0.142. The van der Waals surface area contributed by atoms with Gasteiger partial charge in [0.15, 0.2) is 0 Å². The van der Waals surface area contributed by atoms with Crippen LogP contribution >= 0.6 is 0 Å². The van der Waals surface area contributed by atoms with Crippen LogP contribution in [0.2, 0.25) is 0 Å². The topological polar surface area (TPSA) is 112 Å². The minimum Gasteiger partial charge on any atom is -0.468 e. The minimum atomic E-state index is -0.658. The van der Waals surface area contributed by atoms with Gasteiger partial charge in [0.05, 0.1) is 19.1 Å². The number of nitrogens with zero attached hydrogens (tertiary/aromatic N) is 3. The first-order valence-electron chi connectivity index (χ1n) is 5.47. The Kier molecular flexibility index (Phi) is 5.39. The standard InChI is InChI=1S/C11H13N3O6/c1-19-9(15)6-13(7-10(16)20-2)11-8(14(17)18)4-3-5-12-11/h3-5H,6-7H2,1-2H3. The van der Waals surface area contributed by atoms with Crippen LogP contribution in [-0.4, -0.2) is 49.2 Å². The fourth-order valence-corrected chi connectivity index (χ4v) is 1.42. The molecule has 0 unspecified atom stereocenters. The minimum absolute atomic E-state index is 0.103. The van der Waals surface area contributed by atoms with Crippen LogP contribution in [-0.2, 0) is 19.1 Å². The second kappa shape index (κ2) is 7.02. The Labute approximate surface area is 114 Å². The molecule has 0 amide bonds. The third-order valence-corrected chi connectivity index (χ3v) is 2.36. The number of nitro groups is 1. The molecule has 108 valence electrons. The van der Waals surface area contributed by atoms with Gasteiger partial charge in [0.2, 0.25) is 5.82 Å². The van der Waals surface area contributed by atoms with E-state index in [0.29, 0.717) is 0 Å². The van der Waals surface area contributed by atoms with Crippen LogP contribution in [0.25, 0.3) is 0 Å². The summed E-state index contributed by atoms with van der Waals surface area (Å²) in [6.45, 7) is -0.715. The van der Waals surface area contributed by atoms with Gasteiger partial charge in [-0.15, -0.1) is 0 Å². The van der Waals surface area contributed by atoms with Crippen molar-refractivity contribution in [3.05, 3.63) is 28.4 Å². The molecule has 0 fully saturated rings. The Hall–Kier alpha value is -2.71. The first-order chi connectivity index (χ1) is 9.49. The number of anilines is 1. The van der Waals surface area contributed by atoms with Crippen LogP contribution in [0.4, 0.5) is 11.5 Å². The van der Waals surface area contributed by atoms with Gasteiger partial charge in [0, 0.05) is 12.3 Å². The maximum atomic E-state index is 11.3. The second-order valence-electron chi connectivity index (χ2n) is 3.61. The Morgan fingerprint density at radius 1 is 1.30 bits per heavy atom. The molecule has 0 saturated carbocycles. The van der Waals surface area contributed by atoms with Gasteiger partial charge < -0.3 is 14.4 Å². The molecule has 1 aromatic rings. The summed E-state index contributed by atoms with van der Waals surface area (Å²) in [5, 5.41) is 10.9. The van der Waals surface area contributed by atoms with Crippen LogP contribution in [0, 0.1) is 10.1 Å². The number of carbonyl (C=O) groups is 2. The molecule has 1 aromatic heterocycles. The molecule has 20 heavy (non-hydrogen) atoms. The SMILES string of the molecule is COC(=O)CN(CC(=O)OC)c1ncccc1[N+](=O)[O-]. The Balaban J connectivity index is 3.12. The van der Waals surface area contributed by atoms with E-state index >= 15 is 0 Å². The molecule has 0 aliphatic heterocycles. The maximum absolute atomic E-state index is 11.3. The number of hydrogen-bond donors (Lipinski definition) is 0. The van der Waals surface area contributed by atoms with Crippen molar-refractivity contribution in [2.24, 2.45) is 0 Å². The molecule has 0 aliphatic carbocycles. The van der Waals surface area contributed by atoms with Crippen LogP contribution in [0.5, 0.6) is 0 Å². The summed E-state index contributed by atoms with van der Waals surface area (Å²) in [5.41, 5.74) is -0.319. The van der Waals surface area contributed by atoms with Crippen LogP contribution in [0.15, 0.2) is 18.3 Å².